The molecule has 1 spiro atoms. The average Bonchev–Trinajstić information content (AvgIpc) is 2.60. The number of hydrogen-bond acceptors (Lipinski definition) is 7. The van der Waals surface area contributed by atoms with Gasteiger partial charge >= 0.3 is 6.09 Å². The van der Waals surface area contributed by atoms with E-state index in [1.165, 1.54) is 0 Å². The maximum absolute atomic E-state index is 12.3. The zero-order valence-electron chi connectivity index (χ0n) is 17.6. The smallest absolute Gasteiger partial charge is 0.410 e. The molecule has 3 heterocycles. The first-order valence-electron chi connectivity index (χ1n) is 10.0. The molecule has 8 nitrogen and oxygen atoms in total. The maximum Gasteiger partial charge on any atom is 0.410 e. The average molecular weight is 393 g/mol. The number of likely N-dealkylation sites (tertiary alicyclic amines) is 1. The molecular formula is C20H32N4O4. The van der Waals surface area contributed by atoms with Crippen molar-refractivity contribution < 1.29 is 19.0 Å². The Morgan fingerprint density at radius 3 is 2.61 bits per heavy atom. The lowest BCUT2D eigenvalue weighted by Crippen LogP contribution is -2.58. The van der Waals surface area contributed by atoms with Crippen LogP contribution in [0.4, 0.5) is 10.7 Å². The van der Waals surface area contributed by atoms with E-state index in [1.54, 1.807) is 17.2 Å². The molecule has 8 heteroatoms. The summed E-state index contributed by atoms with van der Waals surface area (Å²) in [4.78, 5) is 25.2. The fourth-order valence-corrected chi connectivity index (χ4v) is 3.53. The molecule has 2 fully saturated rings. The molecule has 2 aliphatic rings. The number of anilines is 1. The molecule has 0 radical (unpaired) electrons. The second kappa shape index (κ2) is 8.11. The van der Waals surface area contributed by atoms with Crippen LogP contribution in [0, 0.1) is 0 Å². The van der Waals surface area contributed by atoms with Crippen molar-refractivity contribution in [2.75, 3.05) is 37.7 Å². The van der Waals surface area contributed by atoms with E-state index < -0.39 is 5.60 Å². The molecule has 156 valence electrons. The van der Waals surface area contributed by atoms with Crippen LogP contribution >= 0.6 is 0 Å². The van der Waals surface area contributed by atoms with Crippen LogP contribution in [0.5, 0.6) is 5.88 Å². The van der Waals surface area contributed by atoms with E-state index in [2.05, 4.69) is 14.9 Å². The SMILES string of the molecule is CC(C)Oc1ccnc(N2CCOC3(CCN(C(=O)OC(C)(C)C)CC3)C2)n1. The summed E-state index contributed by atoms with van der Waals surface area (Å²) in [7, 11) is 0. The summed E-state index contributed by atoms with van der Waals surface area (Å²) in [5.41, 5.74) is -0.764. The Bertz CT molecular complexity index is 681. The number of carbonyl (C=O) groups excluding carboxylic acids is 1. The largest absolute Gasteiger partial charge is 0.475 e. The molecule has 0 bridgehead atoms. The molecule has 2 saturated heterocycles. The second-order valence-electron chi connectivity index (χ2n) is 8.78. The van der Waals surface area contributed by atoms with Gasteiger partial charge in [0.15, 0.2) is 0 Å². The fraction of sp³-hybridized carbons (Fsp3) is 0.750. The predicted molar refractivity (Wildman–Crippen MR) is 106 cm³/mol. The Hall–Kier alpha value is -2.09. The van der Waals surface area contributed by atoms with Crippen molar-refractivity contribution in [3.05, 3.63) is 12.3 Å². The third-order valence-corrected chi connectivity index (χ3v) is 4.83. The van der Waals surface area contributed by atoms with Crippen molar-refractivity contribution in [3.8, 4) is 5.88 Å². The van der Waals surface area contributed by atoms with Crippen LogP contribution in [0.15, 0.2) is 12.3 Å². The van der Waals surface area contributed by atoms with Crippen LogP contribution in [-0.2, 0) is 9.47 Å². The third-order valence-electron chi connectivity index (χ3n) is 4.83. The van der Waals surface area contributed by atoms with Crippen LogP contribution in [-0.4, -0.2) is 71.1 Å². The van der Waals surface area contributed by atoms with Gasteiger partial charge in [-0.05, 0) is 47.5 Å². The standard InChI is InChI=1S/C20H32N4O4/c1-15(2)27-16-6-9-21-17(22-16)24-12-13-26-20(14-24)7-10-23(11-8-20)18(25)28-19(3,4)5/h6,9,15H,7-8,10-14H2,1-5H3. The molecule has 0 atom stereocenters. The Morgan fingerprint density at radius 1 is 1.25 bits per heavy atom. The molecule has 1 aromatic rings. The van der Waals surface area contributed by atoms with Crippen molar-refractivity contribution in [2.24, 2.45) is 0 Å². The summed E-state index contributed by atoms with van der Waals surface area (Å²) < 4.78 is 17.4. The number of nitrogens with zero attached hydrogens (tertiary/aromatic N) is 4. The van der Waals surface area contributed by atoms with Crippen molar-refractivity contribution in [3.63, 3.8) is 0 Å². The van der Waals surface area contributed by atoms with Gasteiger partial charge in [-0.1, -0.05) is 0 Å². The Kier molecular flexibility index (Phi) is 5.98. The van der Waals surface area contributed by atoms with Crippen LogP contribution in [0.3, 0.4) is 0 Å². The molecule has 1 amide bonds. The van der Waals surface area contributed by atoms with Crippen LogP contribution in [0.1, 0.15) is 47.5 Å². The van der Waals surface area contributed by atoms with Gasteiger partial charge in [-0.3, -0.25) is 0 Å². The van der Waals surface area contributed by atoms with Gasteiger partial charge in [0.05, 0.1) is 24.9 Å². The van der Waals surface area contributed by atoms with Crippen molar-refractivity contribution in [1.29, 1.82) is 0 Å². The fourth-order valence-electron chi connectivity index (χ4n) is 3.53. The summed E-state index contributed by atoms with van der Waals surface area (Å²) >= 11 is 0. The molecule has 0 N–H and O–H groups in total. The second-order valence-corrected chi connectivity index (χ2v) is 8.78. The Labute approximate surface area is 167 Å². The van der Waals surface area contributed by atoms with E-state index in [1.807, 2.05) is 34.6 Å². The van der Waals surface area contributed by atoms with Gasteiger partial charge in [0.1, 0.15) is 5.60 Å². The number of morpholine rings is 1. The first-order valence-corrected chi connectivity index (χ1v) is 10.0. The van der Waals surface area contributed by atoms with E-state index in [-0.39, 0.29) is 17.8 Å². The predicted octanol–water partition coefficient (Wildman–Crippen LogP) is 2.87. The van der Waals surface area contributed by atoms with E-state index in [9.17, 15) is 4.79 Å². The van der Waals surface area contributed by atoms with Gasteiger partial charge in [0, 0.05) is 31.9 Å². The highest BCUT2D eigenvalue weighted by Crippen LogP contribution is 2.32. The number of aromatic nitrogens is 2. The van der Waals surface area contributed by atoms with E-state index in [4.69, 9.17) is 14.2 Å². The lowest BCUT2D eigenvalue weighted by Gasteiger charge is -2.47. The van der Waals surface area contributed by atoms with Gasteiger partial charge in [-0.15, -0.1) is 0 Å². The van der Waals surface area contributed by atoms with Gasteiger partial charge in [0.2, 0.25) is 11.8 Å². The summed E-state index contributed by atoms with van der Waals surface area (Å²) in [5, 5.41) is 0. The minimum absolute atomic E-state index is 0.0657. The molecule has 0 saturated carbocycles. The van der Waals surface area contributed by atoms with Crippen molar-refractivity contribution >= 4 is 12.0 Å². The van der Waals surface area contributed by atoms with Crippen molar-refractivity contribution in [1.82, 2.24) is 14.9 Å². The maximum atomic E-state index is 12.3. The molecule has 2 aliphatic heterocycles. The molecular weight excluding hydrogens is 360 g/mol. The van der Waals surface area contributed by atoms with Gasteiger partial charge in [0.25, 0.3) is 0 Å². The Balaban J connectivity index is 1.62. The molecule has 28 heavy (non-hydrogen) atoms. The highest BCUT2D eigenvalue weighted by Gasteiger charge is 2.42. The quantitative estimate of drug-likeness (QED) is 0.783. The lowest BCUT2D eigenvalue weighted by molar-refractivity contribution is -0.0915. The van der Waals surface area contributed by atoms with Gasteiger partial charge in [-0.2, -0.15) is 4.98 Å². The number of amides is 1. The number of piperidine rings is 1. The normalized spacial score (nSPS) is 19.8. The minimum atomic E-state index is -0.481. The molecule has 0 unspecified atom stereocenters. The van der Waals surface area contributed by atoms with Crippen LogP contribution in [0.2, 0.25) is 0 Å². The molecule has 0 aromatic carbocycles. The topological polar surface area (TPSA) is 77.0 Å². The number of carbonyl (C=O) groups is 1. The number of ether oxygens (including phenoxy) is 3. The summed E-state index contributed by atoms with van der Waals surface area (Å²) in [6.45, 7) is 12.9. The van der Waals surface area contributed by atoms with Crippen molar-refractivity contribution in [2.45, 2.75) is 64.8 Å². The van der Waals surface area contributed by atoms with Crippen LogP contribution < -0.4 is 9.64 Å². The minimum Gasteiger partial charge on any atom is -0.475 e. The zero-order chi connectivity index (χ0) is 20.4. The number of hydrogen-bond donors (Lipinski definition) is 0. The molecule has 3 rings (SSSR count). The monoisotopic (exact) mass is 392 g/mol. The zero-order valence-corrected chi connectivity index (χ0v) is 17.6. The summed E-state index contributed by atoms with van der Waals surface area (Å²) in [6.07, 6.45) is 3.08. The summed E-state index contributed by atoms with van der Waals surface area (Å²) in [6, 6.07) is 1.78. The first kappa shape index (κ1) is 20.6. The molecule has 0 aliphatic carbocycles. The third kappa shape index (κ3) is 5.25. The highest BCUT2D eigenvalue weighted by atomic mass is 16.6. The van der Waals surface area contributed by atoms with E-state index in [0.717, 1.165) is 19.4 Å². The van der Waals surface area contributed by atoms with E-state index in [0.29, 0.717) is 38.1 Å². The van der Waals surface area contributed by atoms with E-state index >= 15 is 0 Å². The van der Waals surface area contributed by atoms with Crippen LogP contribution in [0.25, 0.3) is 0 Å². The highest BCUT2D eigenvalue weighted by molar-refractivity contribution is 5.68. The first-order chi connectivity index (χ1) is 13.2. The lowest BCUT2D eigenvalue weighted by atomic mass is 9.89. The van der Waals surface area contributed by atoms with Gasteiger partial charge < -0.3 is 24.0 Å². The summed E-state index contributed by atoms with van der Waals surface area (Å²) in [5.74, 6) is 1.25. The number of rotatable bonds is 3. The van der Waals surface area contributed by atoms with Gasteiger partial charge in [-0.25, -0.2) is 9.78 Å². The molecule has 1 aromatic heterocycles. The Morgan fingerprint density at radius 2 is 1.96 bits per heavy atom.